The van der Waals surface area contributed by atoms with Crippen LogP contribution in [0.15, 0.2) is 29.3 Å². The second-order valence-corrected chi connectivity index (χ2v) is 8.93. The maximum absolute atomic E-state index is 13.2. The molecule has 29 heavy (non-hydrogen) atoms. The highest BCUT2D eigenvalue weighted by Crippen LogP contribution is 2.33. The minimum Gasteiger partial charge on any atom is -0.291 e. The van der Waals surface area contributed by atoms with E-state index in [9.17, 15) is 18.0 Å². The number of alkyl halides is 3. The molecule has 1 aromatic carbocycles. The Hall–Kier alpha value is -2.31. The van der Waals surface area contributed by atoms with Gasteiger partial charge in [0.1, 0.15) is 0 Å². The third kappa shape index (κ3) is 4.33. The summed E-state index contributed by atoms with van der Waals surface area (Å²) in [5, 5.41) is 0. The summed E-state index contributed by atoms with van der Waals surface area (Å²) in [6.45, 7) is 8.32. The number of nitrogens with zero attached hydrogens (tertiary/aromatic N) is 3. The molecule has 0 saturated heterocycles. The van der Waals surface area contributed by atoms with Gasteiger partial charge in [-0.2, -0.15) is 18.2 Å². The van der Waals surface area contributed by atoms with Crippen LogP contribution in [0.5, 0.6) is 0 Å². The van der Waals surface area contributed by atoms with Gasteiger partial charge < -0.3 is 0 Å². The largest absolute Gasteiger partial charge is 0.416 e. The van der Waals surface area contributed by atoms with Gasteiger partial charge in [-0.15, -0.1) is 0 Å². The van der Waals surface area contributed by atoms with Crippen LogP contribution in [0.2, 0.25) is 0 Å². The number of benzene rings is 1. The second-order valence-electron chi connectivity index (χ2n) is 8.93. The van der Waals surface area contributed by atoms with Crippen molar-refractivity contribution in [2.24, 2.45) is 18.0 Å². The van der Waals surface area contributed by atoms with E-state index in [-0.39, 0.29) is 16.5 Å². The topological polar surface area (TPSA) is 39.3 Å². The molecule has 1 heterocycles. The molecule has 0 spiro atoms. The quantitative estimate of drug-likeness (QED) is 0.706. The van der Waals surface area contributed by atoms with E-state index in [0.29, 0.717) is 11.4 Å². The van der Waals surface area contributed by atoms with Crippen molar-refractivity contribution < 1.29 is 18.0 Å². The molecule has 0 N–H and O–H groups in total. The Morgan fingerprint density at radius 2 is 1.86 bits per heavy atom. The maximum atomic E-state index is 13.2. The van der Waals surface area contributed by atoms with Crippen LogP contribution in [0.25, 0.3) is 0 Å². The standard InChI is InChI=1S/C22H28F3N3O/c1-14-16(10-7-11-17(14)22(23,24)25)20(29)26-19-12-18(21(2,3)4)27(5)28(19)13-15-8-6-9-15/h7,10-12,15H,6,8-9,13H2,1-5H3/b26-19+. The van der Waals surface area contributed by atoms with Crippen LogP contribution in [0, 0.1) is 12.8 Å². The molecule has 3 rings (SSSR count). The van der Waals surface area contributed by atoms with Crippen molar-refractivity contribution in [3.8, 4) is 0 Å². The molecule has 158 valence electrons. The molecule has 4 nitrogen and oxygen atoms in total. The lowest BCUT2D eigenvalue weighted by Gasteiger charge is -2.27. The zero-order valence-corrected chi connectivity index (χ0v) is 17.6. The second kappa shape index (κ2) is 7.50. The summed E-state index contributed by atoms with van der Waals surface area (Å²) >= 11 is 0. The number of halogens is 3. The molecule has 0 unspecified atom stereocenters. The molecule has 0 atom stereocenters. The predicted octanol–water partition coefficient (Wildman–Crippen LogP) is 4.99. The summed E-state index contributed by atoms with van der Waals surface area (Å²) in [7, 11) is 1.94. The lowest BCUT2D eigenvalue weighted by atomic mass is 9.85. The zero-order chi connectivity index (χ0) is 21.6. The SMILES string of the molecule is Cc1c(C(=O)/N=c2\cc(C(C)(C)C)n(C)n2CC2CCC2)cccc1C(F)(F)F. The van der Waals surface area contributed by atoms with E-state index in [2.05, 4.69) is 25.8 Å². The summed E-state index contributed by atoms with van der Waals surface area (Å²) in [5.41, 5.74) is 0.445. The molecular formula is C22H28F3N3O. The van der Waals surface area contributed by atoms with E-state index >= 15 is 0 Å². The summed E-state index contributed by atoms with van der Waals surface area (Å²) in [6.07, 6.45) is -1.01. The first-order chi connectivity index (χ1) is 13.4. The number of amides is 1. The fourth-order valence-electron chi connectivity index (χ4n) is 3.84. The van der Waals surface area contributed by atoms with Crippen LogP contribution in [0.3, 0.4) is 0 Å². The molecule has 0 bridgehead atoms. The van der Waals surface area contributed by atoms with Gasteiger partial charge >= 0.3 is 6.18 Å². The minimum atomic E-state index is -4.50. The van der Waals surface area contributed by atoms with Crippen molar-refractivity contribution in [3.05, 3.63) is 52.1 Å². The van der Waals surface area contributed by atoms with Crippen LogP contribution < -0.4 is 5.49 Å². The van der Waals surface area contributed by atoms with Crippen LogP contribution in [0.4, 0.5) is 13.2 Å². The molecule has 1 amide bonds. The molecule has 1 aliphatic rings. The van der Waals surface area contributed by atoms with E-state index in [1.54, 1.807) is 0 Å². The highest BCUT2D eigenvalue weighted by Gasteiger charge is 2.33. The van der Waals surface area contributed by atoms with Gasteiger partial charge in [-0.25, -0.2) is 0 Å². The van der Waals surface area contributed by atoms with Gasteiger partial charge in [0.15, 0.2) is 5.49 Å². The third-order valence-corrected chi connectivity index (χ3v) is 5.75. The number of rotatable bonds is 3. The molecule has 7 heteroatoms. The Bertz CT molecular complexity index is 986. The van der Waals surface area contributed by atoms with E-state index in [1.165, 1.54) is 25.5 Å². The lowest BCUT2D eigenvalue weighted by molar-refractivity contribution is -0.138. The molecule has 1 saturated carbocycles. The van der Waals surface area contributed by atoms with Crippen LogP contribution >= 0.6 is 0 Å². The summed E-state index contributed by atoms with van der Waals surface area (Å²) in [6, 6.07) is 5.52. The van der Waals surface area contributed by atoms with Crippen molar-refractivity contribution in [2.75, 3.05) is 0 Å². The van der Waals surface area contributed by atoms with E-state index in [1.807, 2.05) is 22.5 Å². The first-order valence-corrected chi connectivity index (χ1v) is 9.93. The fourth-order valence-corrected chi connectivity index (χ4v) is 3.84. The highest BCUT2D eigenvalue weighted by atomic mass is 19.4. The van der Waals surface area contributed by atoms with Gasteiger partial charge in [-0.3, -0.25) is 14.2 Å². The normalized spacial score (nSPS) is 16.2. The Morgan fingerprint density at radius 3 is 2.38 bits per heavy atom. The maximum Gasteiger partial charge on any atom is 0.416 e. The Kier molecular flexibility index (Phi) is 5.54. The van der Waals surface area contributed by atoms with Gasteiger partial charge in [0.05, 0.1) is 5.56 Å². The molecule has 2 aromatic rings. The highest BCUT2D eigenvalue weighted by molar-refractivity contribution is 5.96. The first-order valence-electron chi connectivity index (χ1n) is 9.93. The molecule has 1 fully saturated rings. The van der Waals surface area contributed by atoms with Crippen molar-refractivity contribution >= 4 is 5.91 Å². The summed E-state index contributed by atoms with van der Waals surface area (Å²) in [4.78, 5) is 17.1. The number of aromatic nitrogens is 2. The third-order valence-electron chi connectivity index (χ3n) is 5.75. The Balaban J connectivity index is 2.09. The number of carbonyl (C=O) groups is 1. The van der Waals surface area contributed by atoms with E-state index < -0.39 is 17.6 Å². The number of hydrogen-bond acceptors (Lipinski definition) is 1. The average molecular weight is 407 g/mol. The molecule has 1 aromatic heterocycles. The van der Waals surface area contributed by atoms with Gasteiger partial charge in [0.25, 0.3) is 5.91 Å². The summed E-state index contributed by atoms with van der Waals surface area (Å²) < 4.78 is 43.6. The Morgan fingerprint density at radius 1 is 1.21 bits per heavy atom. The van der Waals surface area contributed by atoms with Crippen LogP contribution in [-0.4, -0.2) is 15.3 Å². The number of hydrogen-bond donors (Lipinski definition) is 0. The van der Waals surface area contributed by atoms with Crippen molar-refractivity contribution in [2.45, 2.75) is 65.1 Å². The van der Waals surface area contributed by atoms with Crippen LogP contribution in [-0.2, 0) is 25.2 Å². The van der Waals surface area contributed by atoms with Crippen molar-refractivity contribution in [1.82, 2.24) is 9.36 Å². The van der Waals surface area contributed by atoms with E-state index in [4.69, 9.17) is 0 Å². The van der Waals surface area contributed by atoms with Gasteiger partial charge in [0.2, 0.25) is 0 Å². The van der Waals surface area contributed by atoms with Crippen molar-refractivity contribution in [1.29, 1.82) is 0 Å². The van der Waals surface area contributed by atoms with E-state index in [0.717, 1.165) is 31.1 Å². The smallest absolute Gasteiger partial charge is 0.291 e. The zero-order valence-electron chi connectivity index (χ0n) is 17.6. The number of carbonyl (C=O) groups excluding carboxylic acids is 1. The van der Waals surface area contributed by atoms with Crippen LogP contribution in [0.1, 0.15) is 67.2 Å². The Labute approximate surface area is 169 Å². The molecule has 0 aliphatic heterocycles. The van der Waals surface area contributed by atoms with Gasteiger partial charge in [-0.1, -0.05) is 33.3 Å². The summed E-state index contributed by atoms with van der Waals surface area (Å²) in [5.74, 6) is -0.109. The average Bonchev–Trinajstić information content (AvgIpc) is 2.86. The molecule has 1 aliphatic carbocycles. The monoisotopic (exact) mass is 407 g/mol. The first kappa shape index (κ1) is 21.4. The lowest BCUT2D eigenvalue weighted by Crippen LogP contribution is -2.30. The minimum absolute atomic E-state index is 0.0174. The molecular weight excluding hydrogens is 379 g/mol. The predicted molar refractivity (Wildman–Crippen MR) is 106 cm³/mol. The van der Waals surface area contributed by atoms with Gasteiger partial charge in [-0.05, 0) is 43.4 Å². The fraction of sp³-hybridized carbons (Fsp3) is 0.545. The van der Waals surface area contributed by atoms with Crippen molar-refractivity contribution in [3.63, 3.8) is 0 Å². The molecule has 0 radical (unpaired) electrons. The van der Waals surface area contributed by atoms with Gasteiger partial charge in [0, 0.05) is 36.3 Å².